The topological polar surface area (TPSA) is 32.3 Å². The lowest BCUT2D eigenvalue weighted by Crippen LogP contribution is -2.51. The molecule has 1 aliphatic heterocycles. The number of nitrogens with one attached hydrogen (secondary N) is 1. The van der Waals surface area contributed by atoms with E-state index in [1.54, 1.807) is 0 Å². The molecule has 1 atom stereocenters. The third-order valence-electron chi connectivity index (χ3n) is 4.72. The number of likely N-dealkylation sites (tertiary alicyclic amines) is 1. The average Bonchev–Trinajstić information content (AvgIpc) is 3.14. The summed E-state index contributed by atoms with van der Waals surface area (Å²) in [6.07, 6.45) is 7.74. The summed E-state index contributed by atoms with van der Waals surface area (Å²) in [6, 6.07) is 0.0868. The maximum absolute atomic E-state index is 12.2. The second-order valence-corrected chi connectivity index (χ2v) is 5.88. The smallest absolute Gasteiger partial charge is 0.239 e. The van der Waals surface area contributed by atoms with Gasteiger partial charge in [-0.15, -0.1) is 0 Å². The zero-order valence-electron chi connectivity index (χ0n) is 10.2. The molecule has 0 aromatic carbocycles. The van der Waals surface area contributed by atoms with E-state index in [9.17, 15) is 4.79 Å². The Morgan fingerprint density at radius 3 is 2.69 bits per heavy atom. The molecule has 1 unspecified atom stereocenters. The Bertz CT molecular complexity index is 294. The van der Waals surface area contributed by atoms with Crippen molar-refractivity contribution in [1.82, 2.24) is 10.2 Å². The highest BCUT2D eigenvalue weighted by molar-refractivity contribution is 5.82. The Balaban J connectivity index is 1.63. The molecule has 0 radical (unpaired) electrons. The van der Waals surface area contributed by atoms with Gasteiger partial charge in [-0.25, -0.2) is 0 Å². The number of nitrogens with zero attached hydrogens (tertiary/aromatic N) is 1. The molecule has 1 heterocycles. The lowest BCUT2D eigenvalue weighted by atomic mass is 9.97. The molecule has 90 valence electrons. The van der Waals surface area contributed by atoms with Gasteiger partial charge in [0.1, 0.15) is 0 Å². The Labute approximate surface area is 97.6 Å². The van der Waals surface area contributed by atoms with Crippen molar-refractivity contribution in [3.05, 3.63) is 0 Å². The van der Waals surface area contributed by atoms with Crippen LogP contribution in [-0.2, 0) is 4.79 Å². The lowest BCUT2D eigenvalue weighted by molar-refractivity contribution is -0.136. The lowest BCUT2D eigenvalue weighted by Gasteiger charge is -2.35. The maximum atomic E-state index is 12.2. The Hall–Kier alpha value is -0.570. The summed E-state index contributed by atoms with van der Waals surface area (Å²) in [5, 5.41) is 3.14. The predicted octanol–water partition coefficient (Wildman–Crippen LogP) is 1.39. The fourth-order valence-electron chi connectivity index (χ4n) is 3.30. The molecule has 0 aromatic heterocycles. The van der Waals surface area contributed by atoms with E-state index in [1.165, 1.54) is 25.7 Å². The number of likely N-dealkylation sites (N-methyl/N-ethyl adjacent to an activating group) is 1. The molecule has 2 aliphatic carbocycles. The van der Waals surface area contributed by atoms with Gasteiger partial charge in [0, 0.05) is 13.1 Å². The molecular formula is C13H22N2O. The van der Waals surface area contributed by atoms with E-state index in [-0.39, 0.29) is 6.04 Å². The van der Waals surface area contributed by atoms with Gasteiger partial charge >= 0.3 is 0 Å². The quantitative estimate of drug-likeness (QED) is 0.779. The molecule has 16 heavy (non-hydrogen) atoms. The van der Waals surface area contributed by atoms with Crippen LogP contribution in [0.3, 0.4) is 0 Å². The molecule has 3 heteroatoms. The van der Waals surface area contributed by atoms with Crippen molar-refractivity contribution in [2.24, 2.45) is 11.3 Å². The summed E-state index contributed by atoms with van der Waals surface area (Å²) in [5.41, 5.74) is 0.561. The molecule has 2 saturated carbocycles. The van der Waals surface area contributed by atoms with Crippen molar-refractivity contribution in [2.45, 2.75) is 44.6 Å². The van der Waals surface area contributed by atoms with Crippen LogP contribution in [0.15, 0.2) is 0 Å². The van der Waals surface area contributed by atoms with Crippen molar-refractivity contribution in [3.63, 3.8) is 0 Å². The largest absolute Gasteiger partial charge is 0.341 e. The SMILES string of the molecule is CNC1CCCN(CC2(C3CC3)CC2)C1=O. The number of carbonyl (C=O) groups is 1. The van der Waals surface area contributed by atoms with E-state index in [0.29, 0.717) is 11.3 Å². The number of piperidine rings is 1. The molecule has 1 amide bonds. The second kappa shape index (κ2) is 3.73. The van der Waals surface area contributed by atoms with Crippen LogP contribution in [0.2, 0.25) is 0 Å². The van der Waals surface area contributed by atoms with E-state index in [1.807, 2.05) is 7.05 Å². The monoisotopic (exact) mass is 222 g/mol. The van der Waals surface area contributed by atoms with Crippen LogP contribution in [0.1, 0.15) is 38.5 Å². The van der Waals surface area contributed by atoms with Crippen LogP contribution in [0.5, 0.6) is 0 Å². The molecule has 0 aromatic rings. The molecule has 1 N–H and O–H groups in total. The molecule has 3 rings (SSSR count). The Morgan fingerprint density at radius 1 is 1.38 bits per heavy atom. The average molecular weight is 222 g/mol. The standard InChI is InChI=1S/C13H22N2O/c1-14-11-3-2-8-15(12(11)16)9-13(6-7-13)10-4-5-10/h10-11,14H,2-9H2,1H3. The van der Waals surface area contributed by atoms with Gasteiger partial charge in [0.2, 0.25) is 5.91 Å². The van der Waals surface area contributed by atoms with E-state index < -0.39 is 0 Å². The van der Waals surface area contributed by atoms with Crippen LogP contribution in [-0.4, -0.2) is 37.0 Å². The predicted molar refractivity (Wildman–Crippen MR) is 63.1 cm³/mol. The van der Waals surface area contributed by atoms with E-state index in [2.05, 4.69) is 10.2 Å². The van der Waals surface area contributed by atoms with Crippen LogP contribution in [0.4, 0.5) is 0 Å². The molecule has 3 fully saturated rings. The summed E-state index contributed by atoms with van der Waals surface area (Å²) >= 11 is 0. The van der Waals surface area contributed by atoms with Crippen LogP contribution < -0.4 is 5.32 Å². The summed E-state index contributed by atoms with van der Waals surface area (Å²) in [5.74, 6) is 1.30. The van der Waals surface area contributed by atoms with Gasteiger partial charge in [0.05, 0.1) is 6.04 Å². The van der Waals surface area contributed by atoms with Crippen LogP contribution >= 0.6 is 0 Å². The van der Waals surface area contributed by atoms with Gasteiger partial charge in [0.25, 0.3) is 0 Å². The third kappa shape index (κ3) is 1.75. The zero-order chi connectivity index (χ0) is 11.2. The summed E-state index contributed by atoms with van der Waals surface area (Å²) in [7, 11) is 1.90. The number of carbonyl (C=O) groups excluding carboxylic acids is 1. The first-order valence-corrected chi connectivity index (χ1v) is 6.71. The molecule has 1 saturated heterocycles. The highest BCUT2D eigenvalue weighted by Crippen LogP contribution is 2.61. The number of hydrogen-bond acceptors (Lipinski definition) is 2. The van der Waals surface area contributed by atoms with Crippen molar-refractivity contribution >= 4 is 5.91 Å². The minimum absolute atomic E-state index is 0.0868. The van der Waals surface area contributed by atoms with Crippen molar-refractivity contribution < 1.29 is 4.79 Å². The third-order valence-corrected chi connectivity index (χ3v) is 4.72. The molecular weight excluding hydrogens is 200 g/mol. The van der Waals surface area contributed by atoms with Gasteiger partial charge in [0.15, 0.2) is 0 Å². The summed E-state index contributed by atoms with van der Waals surface area (Å²) in [6.45, 7) is 2.04. The van der Waals surface area contributed by atoms with Crippen LogP contribution in [0, 0.1) is 11.3 Å². The Kier molecular flexibility index (Phi) is 2.46. The summed E-state index contributed by atoms with van der Waals surface area (Å²) in [4.78, 5) is 14.3. The normalized spacial score (nSPS) is 32.9. The minimum Gasteiger partial charge on any atom is -0.341 e. The van der Waals surface area contributed by atoms with Gasteiger partial charge in [-0.2, -0.15) is 0 Å². The first kappa shape index (κ1) is 10.6. The van der Waals surface area contributed by atoms with Crippen molar-refractivity contribution in [1.29, 1.82) is 0 Å². The van der Waals surface area contributed by atoms with E-state index in [0.717, 1.165) is 31.8 Å². The minimum atomic E-state index is 0.0868. The van der Waals surface area contributed by atoms with Gasteiger partial charge in [-0.1, -0.05) is 0 Å². The van der Waals surface area contributed by atoms with E-state index in [4.69, 9.17) is 0 Å². The highest BCUT2D eigenvalue weighted by Gasteiger charge is 2.55. The fraction of sp³-hybridized carbons (Fsp3) is 0.923. The second-order valence-electron chi connectivity index (χ2n) is 5.88. The number of rotatable bonds is 4. The molecule has 3 nitrogen and oxygen atoms in total. The molecule has 0 bridgehead atoms. The van der Waals surface area contributed by atoms with Crippen molar-refractivity contribution in [3.8, 4) is 0 Å². The highest BCUT2D eigenvalue weighted by atomic mass is 16.2. The first-order valence-electron chi connectivity index (χ1n) is 6.71. The zero-order valence-corrected chi connectivity index (χ0v) is 10.2. The number of amides is 1. The molecule has 0 spiro atoms. The van der Waals surface area contributed by atoms with Crippen molar-refractivity contribution in [2.75, 3.05) is 20.1 Å². The Morgan fingerprint density at radius 2 is 2.12 bits per heavy atom. The first-order chi connectivity index (χ1) is 7.75. The molecule has 3 aliphatic rings. The van der Waals surface area contributed by atoms with Gasteiger partial charge in [-0.05, 0) is 56.9 Å². The maximum Gasteiger partial charge on any atom is 0.239 e. The van der Waals surface area contributed by atoms with Gasteiger partial charge < -0.3 is 10.2 Å². The number of hydrogen-bond donors (Lipinski definition) is 1. The fourth-order valence-corrected chi connectivity index (χ4v) is 3.30. The van der Waals surface area contributed by atoms with E-state index >= 15 is 0 Å². The van der Waals surface area contributed by atoms with Crippen LogP contribution in [0.25, 0.3) is 0 Å². The van der Waals surface area contributed by atoms with Gasteiger partial charge in [-0.3, -0.25) is 4.79 Å². The summed E-state index contributed by atoms with van der Waals surface area (Å²) < 4.78 is 0.